The average Bonchev–Trinajstić information content (AvgIpc) is 3.34. The van der Waals surface area contributed by atoms with Gasteiger partial charge in [-0.1, -0.05) is 0 Å². The lowest BCUT2D eigenvalue weighted by Gasteiger charge is -2.22. The summed E-state index contributed by atoms with van der Waals surface area (Å²) in [6.45, 7) is 3.93. The average molecular weight is 353 g/mol. The molecule has 1 N–H and O–H groups in total. The molecule has 25 heavy (non-hydrogen) atoms. The van der Waals surface area contributed by atoms with Crippen molar-refractivity contribution < 1.29 is 4.79 Å². The van der Waals surface area contributed by atoms with Crippen molar-refractivity contribution in [2.45, 2.75) is 25.8 Å². The zero-order valence-electron chi connectivity index (χ0n) is 14.0. The number of hydrogen-bond donors (Lipinski definition) is 1. The van der Waals surface area contributed by atoms with E-state index < -0.39 is 0 Å². The molecule has 0 radical (unpaired) electrons. The van der Waals surface area contributed by atoms with Crippen LogP contribution in [0.1, 0.15) is 19.8 Å². The van der Waals surface area contributed by atoms with Crippen molar-refractivity contribution in [3.05, 3.63) is 36.2 Å². The summed E-state index contributed by atoms with van der Waals surface area (Å²) < 4.78 is 0. The van der Waals surface area contributed by atoms with Gasteiger partial charge in [0.05, 0.1) is 28.1 Å². The SMILES string of the molecule is CC(C(=O)Nc1cc2cc(-c3cncs3)cnc2cn1)N1CCCC1. The van der Waals surface area contributed by atoms with Crippen LogP contribution >= 0.6 is 11.3 Å². The Hall–Kier alpha value is -2.38. The number of nitrogens with zero attached hydrogens (tertiary/aromatic N) is 4. The summed E-state index contributed by atoms with van der Waals surface area (Å²) >= 11 is 1.58. The van der Waals surface area contributed by atoms with Crippen LogP contribution in [0.3, 0.4) is 0 Å². The molecule has 0 aliphatic carbocycles. The zero-order chi connectivity index (χ0) is 17.2. The van der Waals surface area contributed by atoms with Crippen molar-refractivity contribution in [1.82, 2.24) is 19.9 Å². The van der Waals surface area contributed by atoms with E-state index >= 15 is 0 Å². The Labute approximate surface area is 149 Å². The maximum absolute atomic E-state index is 12.5. The number of carbonyl (C=O) groups is 1. The van der Waals surface area contributed by atoms with Crippen LogP contribution in [-0.2, 0) is 4.79 Å². The van der Waals surface area contributed by atoms with E-state index in [0.29, 0.717) is 5.82 Å². The minimum absolute atomic E-state index is 0.0136. The highest BCUT2D eigenvalue weighted by atomic mass is 32.1. The molecule has 6 nitrogen and oxygen atoms in total. The lowest BCUT2D eigenvalue weighted by molar-refractivity contribution is -0.120. The van der Waals surface area contributed by atoms with Gasteiger partial charge < -0.3 is 5.32 Å². The van der Waals surface area contributed by atoms with Gasteiger partial charge in [-0.25, -0.2) is 4.98 Å². The number of carbonyl (C=O) groups excluding carboxylic acids is 1. The van der Waals surface area contributed by atoms with Crippen LogP contribution in [0.4, 0.5) is 5.82 Å². The van der Waals surface area contributed by atoms with E-state index in [0.717, 1.165) is 47.3 Å². The summed E-state index contributed by atoms with van der Waals surface area (Å²) in [6, 6.07) is 3.79. The summed E-state index contributed by atoms with van der Waals surface area (Å²) in [5.74, 6) is 0.548. The minimum Gasteiger partial charge on any atom is -0.309 e. The maximum Gasteiger partial charge on any atom is 0.242 e. The number of amides is 1. The van der Waals surface area contributed by atoms with E-state index in [4.69, 9.17) is 0 Å². The third kappa shape index (κ3) is 3.38. The van der Waals surface area contributed by atoms with Crippen LogP contribution in [0.15, 0.2) is 36.2 Å². The Morgan fingerprint density at radius 2 is 2.04 bits per heavy atom. The lowest BCUT2D eigenvalue weighted by atomic mass is 10.2. The number of nitrogens with one attached hydrogen (secondary N) is 1. The largest absolute Gasteiger partial charge is 0.309 e. The lowest BCUT2D eigenvalue weighted by Crippen LogP contribution is -2.40. The molecule has 0 aromatic carbocycles. The van der Waals surface area contributed by atoms with Gasteiger partial charge in [-0.3, -0.25) is 19.7 Å². The number of anilines is 1. The van der Waals surface area contributed by atoms with Crippen LogP contribution in [0, 0.1) is 0 Å². The van der Waals surface area contributed by atoms with Gasteiger partial charge in [-0.2, -0.15) is 0 Å². The standard InChI is InChI=1S/C18H19N5OS/c1-12(23-4-2-3-5-23)18(24)22-17-7-13-6-14(16-10-19-11-25-16)8-20-15(13)9-21-17/h6-12H,2-5H2,1H3,(H,21,22,24). The van der Waals surface area contributed by atoms with Crippen LogP contribution in [0.5, 0.6) is 0 Å². The molecular weight excluding hydrogens is 334 g/mol. The molecule has 1 fully saturated rings. The number of rotatable bonds is 4. The third-order valence-electron chi connectivity index (χ3n) is 4.60. The fraction of sp³-hybridized carbons (Fsp3) is 0.333. The quantitative estimate of drug-likeness (QED) is 0.780. The molecule has 4 heterocycles. The summed E-state index contributed by atoms with van der Waals surface area (Å²) in [7, 11) is 0. The van der Waals surface area contributed by atoms with Crippen molar-refractivity contribution in [3.8, 4) is 10.4 Å². The van der Waals surface area contributed by atoms with E-state index in [1.54, 1.807) is 23.0 Å². The highest BCUT2D eigenvalue weighted by molar-refractivity contribution is 7.13. The summed E-state index contributed by atoms with van der Waals surface area (Å²) in [4.78, 5) is 28.6. The van der Waals surface area contributed by atoms with Crippen molar-refractivity contribution in [1.29, 1.82) is 0 Å². The Morgan fingerprint density at radius 3 is 2.80 bits per heavy atom. The Morgan fingerprint density at radius 1 is 1.20 bits per heavy atom. The van der Waals surface area contributed by atoms with Gasteiger partial charge >= 0.3 is 0 Å². The first kappa shape index (κ1) is 16.1. The Kier molecular flexibility index (Phi) is 4.42. The molecule has 1 aliphatic heterocycles. The van der Waals surface area contributed by atoms with Gasteiger partial charge in [0, 0.05) is 23.3 Å². The van der Waals surface area contributed by atoms with E-state index in [-0.39, 0.29) is 11.9 Å². The van der Waals surface area contributed by atoms with Gasteiger partial charge in [0.25, 0.3) is 0 Å². The van der Waals surface area contributed by atoms with Crippen LogP contribution in [0.25, 0.3) is 21.3 Å². The van der Waals surface area contributed by atoms with Gasteiger partial charge in [0.2, 0.25) is 5.91 Å². The fourth-order valence-corrected chi connectivity index (χ4v) is 3.72. The third-order valence-corrected chi connectivity index (χ3v) is 5.43. The smallest absolute Gasteiger partial charge is 0.242 e. The summed E-state index contributed by atoms with van der Waals surface area (Å²) in [5.41, 5.74) is 3.63. The highest BCUT2D eigenvalue weighted by Gasteiger charge is 2.24. The summed E-state index contributed by atoms with van der Waals surface area (Å²) in [6.07, 6.45) is 7.68. The number of pyridine rings is 2. The van der Waals surface area contributed by atoms with E-state index in [2.05, 4.69) is 31.2 Å². The fourth-order valence-electron chi connectivity index (χ4n) is 3.12. The van der Waals surface area contributed by atoms with Crippen molar-refractivity contribution in [2.75, 3.05) is 18.4 Å². The van der Waals surface area contributed by atoms with Gasteiger partial charge in [-0.05, 0) is 45.0 Å². The van der Waals surface area contributed by atoms with Crippen LogP contribution in [0.2, 0.25) is 0 Å². The molecule has 0 spiro atoms. The molecular formula is C18H19N5OS. The highest BCUT2D eigenvalue weighted by Crippen LogP contribution is 2.26. The van der Waals surface area contributed by atoms with E-state index in [9.17, 15) is 4.79 Å². The molecule has 3 aromatic rings. The van der Waals surface area contributed by atoms with Crippen molar-refractivity contribution >= 4 is 34.0 Å². The number of likely N-dealkylation sites (tertiary alicyclic amines) is 1. The minimum atomic E-state index is -0.137. The van der Waals surface area contributed by atoms with Gasteiger partial charge in [0.1, 0.15) is 5.82 Å². The molecule has 1 atom stereocenters. The number of fused-ring (bicyclic) bond motifs is 1. The van der Waals surface area contributed by atoms with Gasteiger partial charge in [-0.15, -0.1) is 11.3 Å². The van der Waals surface area contributed by atoms with Crippen molar-refractivity contribution in [2.24, 2.45) is 0 Å². The molecule has 0 saturated carbocycles. The first-order valence-corrected chi connectivity index (χ1v) is 9.28. The molecule has 0 bridgehead atoms. The molecule has 1 unspecified atom stereocenters. The zero-order valence-corrected chi connectivity index (χ0v) is 14.8. The topological polar surface area (TPSA) is 71.0 Å². The van der Waals surface area contributed by atoms with Crippen LogP contribution in [-0.4, -0.2) is 44.9 Å². The molecule has 3 aromatic heterocycles. The Balaban J connectivity index is 1.56. The predicted octanol–water partition coefficient (Wildman–Crippen LogP) is 3.18. The second kappa shape index (κ2) is 6.85. The molecule has 1 amide bonds. The number of thiazole rings is 1. The molecule has 1 saturated heterocycles. The van der Waals surface area contributed by atoms with Crippen LogP contribution < -0.4 is 5.32 Å². The molecule has 1 aliphatic rings. The molecule has 7 heteroatoms. The second-order valence-corrected chi connectivity index (χ2v) is 7.15. The molecule has 128 valence electrons. The normalized spacial score (nSPS) is 16.2. The number of aromatic nitrogens is 3. The second-order valence-electron chi connectivity index (χ2n) is 6.26. The van der Waals surface area contributed by atoms with Crippen molar-refractivity contribution in [3.63, 3.8) is 0 Å². The molecule has 4 rings (SSSR count). The monoisotopic (exact) mass is 353 g/mol. The predicted molar refractivity (Wildman–Crippen MR) is 99.5 cm³/mol. The number of hydrogen-bond acceptors (Lipinski definition) is 6. The van der Waals surface area contributed by atoms with E-state index in [1.807, 2.05) is 25.4 Å². The Bertz CT molecular complexity index is 890. The first-order chi connectivity index (χ1) is 12.2. The maximum atomic E-state index is 12.5. The summed E-state index contributed by atoms with van der Waals surface area (Å²) in [5, 5.41) is 3.88. The first-order valence-electron chi connectivity index (χ1n) is 8.40. The van der Waals surface area contributed by atoms with Gasteiger partial charge in [0.15, 0.2) is 0 Å². The van der Waals surface area contributed by atoms with E-state index in [1.165, 1.54) is 0 Å².